The lowest BCUT2D eigenvalue weighted by molar-refractivity contribution is 0.260. The summed E-state index contributed by atoms with van der Waals surface area (Å²) in [6.07, 6.45) is 3.60. The highest BCUT2D eigenvalue weighted by Crippen LogP contribution is 2.10. The minimum Gasteiger partial charge on any atom is -0.305 e. The van der Waals surface area contributed by atoms with Crippen LogP contribution in [0.4, 0.5) is 0 Å². The van der Waals surface area contributed by atoms with E-state index in [1.165, 1.54) is 0 Å². The fourth-order valence-corrected chi connectivity index (χ4v) is 1.65. The van der Waals surface area contributed by atoms with Crippen LogP contribution in [0.2, 0.25) is 0 Å². The van der Waals surface area contributed by atoms with Crippen LogP contribution in [0.25, 0.3) is 0 Å². The van der Waals surface area contributed by atoms with E-state index in [2.05, 4.69) is 17.2 Å². The maximum atomic E-state index is 8.85. The molecule has 0 aromatic carbocycles. The zero-order chi connectivity index (χ0) is 9.68. The van der Waals surface area contributed by atoms with Crippen molar-refractivity contribution < 1.29 is 0 Å². The van der Waals surface area contributed by atoms with Gasteiger partial charge in [0, 0.05) is 13.1 Å². The van der Waals surface area contributed by atoms with Crippen molar-refractivity contribution >= 4 is 0 Å². The molecule has 70 valence electrons. The molecule has 0 radical (unpaired) electrons. The van der Waals surface area contributed by atoms with Crippen molar-refractivity contribution in [2.75, 3.05) is 26.7 Å². The molecule has 1 rings (SSSR count). The normalized spacial score (nSPS) is 24.5. The molecule has 0 saturated carbocycles. The Morgan fingerprint density at radius 3 is 2.77 bits per heavy atom. The predicted octanol–water partition coefficient (Wildman–Crippen LogP) is 0.387. The van der Waals surface area contributed by atoms with E-state index in [0.717, 1.165) is 26.1 Å². The molecule has 1 atom stereocenters. The van der Waals surface area contributed by atoms with Gasteiger partial charge < -0.3 is 9.80 Å². The van der Waals surface area contributed by atoms with Gasteiger partial charge in [0.2, 0.25) is 0 Å². The fourth-order valence-electron chi connectivity index (χ4n) is 1.65. The zero-order valence-electron chi connectivity index (χ0n) is 7.90. The predicted molar refractivity (Wildman–Crippen MR) is 48.5 cm³/mol. The molecule has 0 bridgehead atoms. The Morgan fingerprint density at radius 1 is 1.38 bits per heavy atom. The topological polar surface area (TPSA) is 54.1 Å². The van der Waals surface area contributed by atoms with Crippen LogP contribution in [0, 0.1) is 22.8 Å². The van der Waals surface area contributed by atoms with Crippen LogP contribution in [0.3, 0.4) is 0 Å². The fraction of sp³-hybridized carbons (Fsp3) is 0.778. The largest absolute Gasteiger partial charge is 0.305 e. The molecule has 0 aromatic heterocycles. The van der Waals surface area contributed by atoms with Gasteiger partial charge in [-0.3, -0.25) is 0 Å². The maximum Gasteiger partial charge on any atom is 0.179 e. The standard InChI is InChI=1S/C9H14N4/c1-12-5-2-6-13(8-11)9(7-12)3-4-10/h9H,2-3,5-7H2,1H3. The Bertz CT molecular complexity index is 237. The molecule has 4 heteroatoms. The molecule has 13 heavy (non-hydrogen) atoms. The molecule has 0 aromatic rings. The molecule has 1 saturated heterocycles. The summed E-state index contributed by atoms with van der Waals surface area (Å²) >= 11 is 0. The monoisotopic (exact) mass is 178 g/mol. The lowest BCUT2D eigenvalue weighted by Crippen LogP contribution is -2.36. The molecule has 0 amide bonds. The van der Waals surface area contributed by atoms with Crippen molar-refractivity contribution in [1.82, 2.24) is 9.80 Å². The average Bonchev–Trinajstić information content (AvgIpc) is 2.28. The van der Waals surface area contributed by atoms with E-state index in [1.807, 2.05) is 7.05 Å². The van der Waals surface area contributed by atoms with Gasteiger partial charge in [-0.1, -0.05) is 0 Å². The highest BCUT2D eigenvalue weighted by Gasteiger charge is 2.21. The Hall–Kier alpha value is -1.26. The molecule has 1 unspecified atom stereocenters. The SMILES string of the molecule is CN1CCCN(C#N)C(CC#N)C1. The van der Waals surface area contributed by atoms with Gasteiger partial charge in [-0.15, -0.1) is 0 Å². The quantitative estimate of drug-likeness (QED) is 0.545. The molecule has 0 N–H and O–H groups in total. The first-order valence-corrected chi connectivity index (χ1v) is 4.49. The minimum absolute atomic E-state index is 0.0856. The van der Waals surface area contributed by atoms with Crippen LogP contribution in [0.1, 0.15) is 12.8 Å². The second-order valence-corrected chi connectivity index (χ2v) is 3.43. The van der Waals surface area contributed by atoms with Crippen molar-refractivity contribution in [3.05, 3.63) is 0 Å². The van der Waals surface area contributed by atoms with Gasteiger partial charge >= 0.3 is 0 Å². The van der Waals surface area contributed by atoms with E-state index >= 15 is 0 Å². The van der Waals surface area contributed by atoms with Gasteiger partial charge in [-0.05, 0) is 20.0 Å². The van der Waals surface area contributed by atoms with E-state index in [1.54, 1.807) is 4.90 Å². The lowest BCUT2D eigenvalue weighted by atomic mass is 10.2. The summed E-state index contributed by atoms with van der Waals surface area (Å²) in [6, 6.07) is 2.22. The third-order valence-corrected chi connectivity index (χ3v) is 2.36. The summed E-state index contributed by atoms with van der Waals surface area (Å²) in [6.45, 7) is 2.62. The number of nitriles is 2. The van der Waals surface area contributed by atoms with E-state index in [9.17, 15) is 0 Å². The van der Waals surface area contributed by atoms with E-state index < -0.39 is 0 Å². The molecule has 1 fully saturated rings. The third kappa shape index (κ3) is 2.61. The van der Waals surface area contributed by atoms with Crippen molar-refractivity contribution in [3.63, 3.8) is 0 Å². The summed E-state index contributed by atoms with van der Waals surface area (Å²) in [5.74, 6) is 0. The van der Waals surface area contributed by atoms with Crippen LogP contribution in [-0.2, 0) is 0 Å². The van der Waals surface area contributed by atoms with Crippen molar-refractivity contribution in [1.29, 1.82) is 10.5 Å². The molecular weight excluding hydrogens is 164 g/mol. The van der Waals surface area contributed by atoms with Crippen LogP contribution < -0.4 is 0 Å². The first kappa shape index (κ1) is 9.83. The number of hydrogen-bond donors (Lipinski definition) is 0. The second-order valence-electron chi connectivity index (χ2n) is 3.43. The summed E-state index contributed by atoms with van der Waals surface area (Å²) in [5.41, 5.74) is 0. The molecular formula is C9H14N4. The number of likely N-dealkylation sites (N-methyl/N-ethyl adjacent to an activating group) is 1. The maximum absolute atomic E-state index is 8.85. The Balaban J connectivity index is 2.62. The van der Waals surface area contributed by atoms with Gasteiger partial charge in [-0.2, -0.15) is 10.5 Å². The molecule has 1 aliphatic rings. The first-order valence-electron chi connectivity index (χ1n) is 4.49. The lowest BCUT2D eigenvalue weighted by Gasteiger charge is -2.23. The molecule has 0 spiro atoms. The van der Waals surface area contributed by atoms with Gasteiger partial charge in [0.25, 0.3) is 0 Å². The zero-order valence-corrected chi connectivity index (χ0v) is 7.90. The van der Waals surface area contributed by atoms with Crippen molar-refractivity contribution in [2.24, 2.45) is 0 Å². The highest BCUT2D eigenvalue weighted by atomic mass is 15.2. The van der Waals surface area contributed by atoms with Crippen LogP contribution in [-0.4, -0.2) is 42.5 Å². The molecule has 1 heterocycles. The highest BCUT2D eigenvalue weighted by molar-refractivity contribution is 4.91. The number of hydrogen-bond acceptors (Lipinski definition) is 4. The summed E-state index contributed by atoms with van der Waals surface area (Å²) in [7, 11) is 2.03. The van der Waals surface area contributed by atoms with Crippen molar-refractivity contribution in [2.45, 2.75) is 18.9 Å². The van der Waals surface area contributed by atoms with Gasteiger partial charge in [-0.25, -0.2) is 0 Å². The number of rotatable bonds is 1. The van der Waals surface area contributed by atoms with Crippen LogP contribution >= 0.6 is 0 Å². The molecule has 4 nitrogen and oxygen atoms in total. The van der Waals surface area contributed by atoms with Gasteiger partial charge in [0.05, 0.1) is 18.5 Å². The Kier molecular flexibility index (Phi) is 3.54. The molecule has 0 aliphatic carbocycles. The summed E-state index contributed by atoms with van der Waals surface area (Å²) in [4.78, 5) is 3.91. The van der Waals surface area contributed by atoms with E-state index in [4.69, 9.17) is 10.5 Å². The first-order chi connectivity index (χ1) is 6.27. The Morgan fingerprint density at radius 2 is 2.15 bits per heavy atom. The van der Waals surface area contributed by atoms with Gasteiger partial charge in [0.1, 0.15) is 0 Å². The van der Waals surface area contributed by atoms with Crippen LogP contribution in [0.15, 0.2) is 0 Å². The third-order valence-electron chi connectivity index (χ3n) is 2.36. The minimum atomic E-state index is 0.0856. The second kappa shape index (κ2) is 4.69. The van der Waals surface area contributed by atoms with Crippen LogP contribution in [0.5, 0.6) is 0 Å². The Labute approximate surface area is 79.0 Å². The van der Waals surface area contributed by atoms with E-state index in [0.29, 0.717) is 6.42 Å². The summed E-state index contributed by atoms with van der Waals surface area (Å²) < 4.78 is 0. The van der Waals surface area contributed by atoms with Crippen molar-refractivity contribution in [3.8, 4) is 12.3 Å². The number of nitrogens with zero attached hydrogens (tertiary/aromatic N) is 4. The summed E-state index contributed by atoms with van der Waals surface area (Å²) in [5, 5.41) is 17.5. The average molecular weight is 178 g/mol. The molecule has 1 aliphatic heterocycles. The van der Waals surface area contributed by atoms with Gasteiger partial charge in [0.15, 0.2) is 6.19 Å². The van der Waals surface area contributed by atoms with E-state index in [-0.39, 0.29) is 6.04 Å². The smallest absolute Gasteiger partial charge is 0.179 e.